The lowest BCUT2D eigenvalue weighted by Gasteiger charge is -2.09. The summed E-state index contributed by atoms with van der Waals surface area (Å²) in [5, 5.41) is 10.2. The first-order chi connectivity index (χ1) is 12.2. The Morgan fingerprint density at radius 2 is 1.96 bits per heavy atom. The average molecular weight is 370 g/mol. The monoisotopic (exact) mass is 369 g/mol. The molecular weight excluding hydrogens is 357 g/mol. The van der Waals surface area contributed by atoms with Gasteiger partial charge in [-0.2, -0.15) is 5.10 Å². The van der Waals surface area contributed by atoms with Crippen LogP contribution >= 0.6 is 23.2 Å². The topological polar surface area (TPSA) is 43.0 Å². The molecule has 0 saturated heterocycles. The number of nitrogens with one attached hydrogen (secondary N) is 1. The quantitative estimate of drug-likeness (QED) is 0.502. The van der Waals surface area contributed by atoms with Gasteiger partial charge in [-0.3, -0.25) is 0 Å². The maximum absolute atomic E-state index is 6.40. The molecule has 25 heavy (non-hydrogen) atoms. The molecular formula is C19H13Cl2N3O. The predicted molar refractivity (Wildman–Crippen MR) is 101 cm³/mol. The maximum atomic E-state index is 6.40. The molecule has 124 valence electrons. The fourth-order valence-corrected chi connectivity index (χ4v) is 3.68. The number of para-hydroxylation sites is 1. The first-order valence-electron chi connectivity index (χ1n) is 8.01. The van der Waals surface area contributed by atoms with Gasteiger partial charge in [0.05, 0.1) is 15.7 Å². The minimum Gasteiger partial charge on any atom is -0.454 e. The fraction of sp³-hybridized carbons (Fsp3) is 0.105. The van der Waals surface area contributed by atoms with Crippen LogP contribution in [0.5, 0.6) is 0 Å². The summed E-state index contributed by atoms with van der Waals surface area (Å²) in [5.41, 5.74) is 3.58. The van der Waals surface area contributed by atoms with Crippen LogP contribution in [0.1, 0.15) is 5.56 Å². The van der Waals surface area contributed by atoms with E-state index in [1.807, 2.05) is 47.1 Å². The highest BCUT2D eigenvalue weighted by molar-refractivity contribution is 6.43. The fourth-order valence-electron chi connectivity index (χ4n) is 3.30. The molecule has 4 aromatic rings. The molecule has 0 spiro atoms. The summed E-state index contributed by atoms with van der Waals surface area (Å²) in [6.45, 7) is 0.860. The number of anilines is 1. The van der Waals surface area contributed by atoms with Crippen LogP contribution in [0.4, 0.5) is 5.82 Å². The molecule has 4 nitrogen and oxygen atoms in total. The largest absolute Gasteiger partial charge is 0.454 e. The zero-order valence-corrected chi connectivity index (χ0v) is 14.6. The Morgan fingerprint density at radius 3 is 2.84 bits per heavy atom. The summed E-state index contributed by atoms with van der Waals surface area (Å²) in [5.74, 6) is 1.71. The van der Waals surface area contributed by atoms with Gasteiger partial charge < -0.3 is 9.73 Å². The van der Waals surface area contributed by atoms with E-state index in [0.29, 0.717) is 10.0 Å². The van der Waals surface area contributed by atoms with Crippen LogP contribution in [-0.2, 0) is 6.42 Å². The minimum atomic E-state index is 0.485. The van der Waals surface area contributed by atoms with Crippen molar-refractivity contribution in [3.05, 3.63) is 64.1 Å². The summed E-state index contributed by atoms with van der Waals surface area (Å²) in [4.78, 5) is 0. The summed E-state index contributed by atoms with van der Waals surface area (Å²) >= 11 is 12.6. The first kappa shape index (κ1) is 14.9. The third kappa shape index (κ3) is 2.25. The maximum Gasteiger partial charge on any atom is 0.156 e. The summed E-state index contributed by atoms with van der Waals surface area (Å²) < 4.78 is 7.84. The van der Waals surface area contributed by atoms with Crippen molar-refractivity contribution in [2.45, 2.75) is 6.42 Å². The zero-order valence-electron chi connectivity index (χ0n) is 13.1. The number of hydrogen-bond acceptors (Lipinski definition) is 3. The van der Waals surface area contributed by atoms with E-state index in [-0.39, 0.29) is 0 Å². The Morgan fingerprint density at radius 1 is 1.08 bits per heavy atom. The molecule has 0 saturated carbocycles. The van der Waals surface area contributed by atoms with E-state index >= 15 is 0 Å². The van der Waals surface area contributed by atoms with E-state index in [0.717, 1.165) is 52.5 Å². The summed E-state index contributed by atoms with van der Waals surface area (Å²) in [7, 11) is 0. The van der Waals surface area contributed by atoms with Gasteiger partial charge in [-0.05, 0) is 30.7 Å². The van der Waals surface area contributed by atoms with E-state index in [1.54, 1.807) is 6.07 Å². The predicted octanol–water partition coefficient (Wildman–Crippen LogP) is 5.56. The second kappa shape index (κ2) is 5.55. The molecule has 0 aliphatic carbocycles. The van der Waals surface area contributed by atoms with Crippen molar-refractivity contribution in [2.75, 3.05) is 11.9 Å². The molecule has 2 aromatic heterocycles. The number of halogens is 2. The lowest BCUT2D eigenvalue weighted by atomic mass is 10.1. The molecule has 1 aliphatic heterocycles. The highest BCUT2D eigenvalue weighted by Gasteiger charge is 2.26. The number of rotatable bonds is 2. The van der Waals surface area contributed by atoms with Gasteiger partial charge in [0.2, 0.25) is 0 Å². The van der Waals surface area contributed by atoms with E-state index in [2.05, 4.69) is 5.32 Å². The molecule has 5 rings (SSSR count). The van der Waals surface area contributed by atoms with Crippen molar-refractivity contribution < 1.29 is 4.42 Å². The summed E-state index contributed by atoms with van der Waals surface area (Å²) in [6, 6.07) is 15.5. The minimum absolute atomic E-state index is 0.485. The highest BCUT2D eigenvalue weighted by Crippen LogP contribution is 2.39. The Balaban J connectivity index is 1.73. The van der Waals surface area contributed by atoms with Crippen molar-refractivity contribution in [1.82, 2.24) is 9.78 Å². The van der Waals surface area contributed by atoms with E-state index in [1.165, 1.54) is 0 Å². The number of benzene rings is 2. The summed E-state index contributed by atoms with van der Waals surface area (Å²) in [6.07, 6.45) is 0.889. The normalized spacial score (nSPS) is 13.2. The lowest BCUT2D eigenvalue weighted by molar-refractivity contribution is 0.626. The molecule has 0 atom stereocenters. The molecule has 6 heteroatoms. The number of nitrogens with zero attached hydrogens (tertiary/aromatic N) is 2. The molecule has 0 fully saturated rings. The number of aromatic nitrogens is 2. The molecule has 2 aromatic carbocycles. The van der Waals surface area contributed by atoms with Gasteiger partial charge in [0.1, 0.15) is 17.1 Å². The highest BCUT2D eigenvalue weighted by atomic mass is 35.5. The van der Waals surface area contributed by atoms with Crippen LogP contribution in [-0.4, -0.2) is 16.3 Å². The third-order valence-corrected chi connectivity index (χ3v) is 5.28. The Hall–Kier alpha value is -2.43. The van der Waals surface area contributed by atoms with Crippen LogP contribution in [0.15, 0.2) is 52.9 Å². The van der Waals surface area contributed by atoms with Gasteiger partial charge in [-0.25, -0.2) is 4.68 Å². The van der Waals surface area contributed by atoms with Gasteiger partial charge in [0, 0.05) is 17.5 Å². The standard InChI is InChI=1S/C19H13Cl2N3O/c20-13-5-3-6-14(17(13)21)24-19-12(8-9-22-19)18(23-24)16-10-11-4-1-2-7-15(11)25-16/h1-7,10,22H,8-9H2. The molecule has 0 bridgehead atoms. The van der Waals surface area contributed by atoms with Crippen molar-refractivity contribution in [3.8, 4) is 17.1 Å². The van der Waals surface area contributed by atoms with E-state index in [9.17, 15) is 0 Å². The average Bonchev–Trinajstić information content (AvgIpc) is 3.31. The number of fused-ring (bicyclic) bond motifs is 2. The lowest BCUT2D eigenvalue weighted by Crippen LogP contribution is -2.04. The molecule has 1 aliphatic rings. The first-order valence-corrected chi connectivity index (χ1v) is 8.77. The third-order valence-electron chi connectivity index (χ3n) is 4.47. The van der Waals surface area contributed by atoms with Gasteiger partial charge in [0.15, 0.2) is 5.76 Å². The molecule has 0 amide bonds. The van der Waals surface area contributed by atoms with Crippen LogP contribution in [0.25, 0.3) is 28.1 Å². The van der Waals surface area contributed by atoms with Gasteiger partial charge in [-0.15, -0.1) is 0 Å². The van der Waals surface area contributed by atoms with Crippen molar-refractivity contribution in [2.24, 2.45) is 0 Å². The Kier molecular flexibility index (Phi) is 3.30. The molecule has 3 heterocycles. The Bertz CT molecular complexity index is 1080. The smallest absolute Gasteiger partial charge is 0.156 e. The van der Waals surface area contributed by atoms with Crippen LogP contribution < -0.4 is 5.32 Å². The van der Waals surface area contributed by atoms with Crippen molar-refractivity contribution in [3.63, 3.8) is 0 Å². The van der Waals surface area contributed by atoms with Crippen molar-refractivity contribution in [1.29, 1.82) is 0 Å². The van der Waals surface area contributed by atoms with Gasteiger partial charge in [-0.1, -0.05) is 47.5 Å². The number of hydrogen-bond donors (Lipinski definition) is 1. The molecule has 1 N–H and O–H groups in total. The Labute approximate surface area is 154 Å². The molecule has 0 unspecified atom stereocenters. The van der Waals surface area contributed by atoms with E-state index in [4.69, 9.17) is 32.7 Å². The second-order valence-corrected chi connectivity index (χ2v) is 6.77. The second-order valence-electron chi connectivity index (χ2n) is 5.99. The van der Waals surface area contributed by atoms with Crippen LogP contribution in [0, 0.1) is 0 Å². The molecule has 0 radical (unpaired) electrons. The van der Waals surface area contributed by atoms with Crippen molar-refractivity contribution >= 4 is 40.0 Å². The van der Waals surface area contributed by atoms with Gasteiger partial charge >= 0.3 is 0 Å². The van der Waals surface area contributed by atoms with Gasteiger partial charge in [0.25, 0.3) is 0 Å². The SMILES string of the molecule is Clc1cccc(-n2nc(-c3cc4ccccc4o3)c3c2NCC3)c1Cl. The zero-order chi connectivity index (χ0) is 17.0. The number of furan rings is 1. The van der Waals surface area contributed by atoms with Crippen LogP contribution in [0.2, 0.25) is 10.0 Å². The van der Waals surface area contributed by atoms with E-state index < -0.39 is 0 Å². The van der Waals surface area contributed by atoms with Crippen LogP contribution in [0.3, 0.4) is 0 Å².